The first-order valence-corrected chi connectivity index (χ1v) is 4.49. The molecule has 1 aliphatic rings. The van der Waals surface area contributed by atoms with Gasteiger partial charge in [-0.05, 0) is 17.7 Å². The molecule has 0 aromatic heterocycles. The van der Waals surface area contributed by atoms with E-state index in [2.05, 4.69) is 5.32 Å². The minimum atomic E-state index is -1.27. The Morgan fingerprint density at radius 3 is 2.62 bits per heavy atom. The third kappa shape index (κ3) is 1.58. The molecule has 0 fully saturated rings. The van der Waals surface area contributed by atoms with Gasteiger partial charge in [-0.3, -0.25) is 14.9 Å². The Hall–Kier alpha value is -2.43. The molecule has 5 heteroatoms. The molecule has 0 saturated heterocycles. The molecule has 0 saturated carbocycles. The predicted octanol–water partition coefficient (Wildman–Crippen LogP) is 1.56. The van der Waals surface area contributed by atoms with Crippen molar-refractivity contribution < 1.29 is 19.5 Å². The number of benzene rings is 1. The zero-order valence-electron chi connectivity index (χ0n) is 8.06. The van der Waals surface area contributed by atoms with E-state index in [0.29, 0.717) is 5.56 Å². The number of ketones is 2. The van der Waals surface area contributed by atoms with Gasteiger partial charge < -0.3 is 5.11 Å². The van der Waals surface area contributed by atoms with E-state index in [0.717, 1.165) is 0 Å². The molecule has 0 heterocycles. The zero-order chi connectivity index (χ0) is 11.7. The van der Waals surface area contributed by atoms with Gasteiger partial charge in [0.15, 0.2) is 0 Å². The summed E-state index contributed by atoms with van der Waals surface area (Å²) in [5, 5.41) is 10.7. The van der Waals surface area contributed by atoms with Crippen LogP contribution < -0.4 is 5.32 Å². The maximum absolute atomic E-state index is 11.6. The van der Waals surface area contributed by atoms with Gasteiger partial charge in [0.05, 0.1) is 11.3 Å². The van der Waals surface area contributed by atoms with E-state index >= 15 is 0 Å². The summed E-state index contributed by atoms with van der Waals surface area (Å²) in [6.45, 7) is 0. The number of amides is 1. The molecule has 1 aliphatic carbocycles. The first-order valence-electron chi connectivity index (χ1n) is 4.49. The lowest BCUT2D eigenvalue weighted by Gasteiger charge is -2.12. The molecular weight excluding hydrogens is 210 g/mol. The second kappa shape index (κ2) is 3.62. The van der Waals surface area contributed by atoms with Crippen LogP contribution in [0, 0.1) is 0 Å². The van der Waals surface area contributed by atoms with Crippen molar-refractivity contribution in [3.63, 3.8) is 0 Å². The van der Waals surface area contributed by atoms with E-state index < -0.39 is 17.7 Å². The molecule has 1 aromatic rings. The van der Waals surface area contributed by atoms with E-state index in [-0.39, 0.29) is 11.3 Å². The number of carbonyl (C=O) groups is 3. The molecule has 1 amide bonds. The lowest BCUT2D eigenvalue weighted by atomic mass is 9.94. The average molecular weight is 217 g/mol. The Morgan fingerprint density at radius 2 is 1.94 bits per heavy atom. The molecule has 0 aliphatic heterocycles. The van der Waals surface area contributed by atoms with Crippen LogP contribution in [0.3, 0.4) is 0 Å². The van der Waals surface area contributed by atoms with Gasteiger partial charge in [-0.1, -0.05) is 18.2 Å². The Balaban J connectivity index is 2.58. The van der Waals surface area contributed by atoms with Crippen LogP contribution in [0.1, 0.15) is 15.9 Å². The van der Waals surface area contributed by atoms with Crippen LogP contribution in [0.2, 0.25) is 0 Å². The Morgan fingerprint density at radius 1 is 1.19 bits per heavy atom. The van der Waals surface area contributed by atoms with Gasteiger partial charge in [0.25, 0.3) is 0 Å². The summed E-state index contributed by atoms with van der Waals surface area (Å²) in [7, 11) is 0. The number of rotatable bonds is 1. The quantitative estimate of drug-likeness (QED) is 0.699. The van der Waals surface area contributed by atoms with Crippen molar-refractivity contribution in [2.75, 3.05) is 5.32 Å². The van der Waals surface area contributed by atoms with E-state index in [1.165, 1.54) is 18.2 Å². The van der Waals surface area contributed by atoms with Crippen LogP contribution in [-0.4, -0.2) is 22.8 Å². The fraction of sp³-hybridized carbons (Fsp3) is 0. The van der Waals surface area contributed by atoms with Gasteiger partial charge in [0.1, 0.15) is 0 Å². The smallest absolute Gasteiger partial charge is 0.409 e. The number of anilines is 1. The monoisotopic (exact) mass is 217 g/mol. The van der Waals surface area contributed by atoms with Crippen molar-refractivity contribution in [1.29, 1.82) is 0 Å². The van der Waals surface area contributed by atoms with Crippen molar-refractivity contribution in [3.8, 4) is 0 Å². The molecule has 80 valence electrons. The SMILES string of the molecule is O=C(O)Nc1cccc2c1C(=O)C(=O)C=C2. The summed E-state index contributed by atoms with van der Waals surface area (Å²) >= 11 is 0. The van der Waals surface area contributed by atoms with Crippen LogP contribution in [-0.2, 0) is 4.79 Å². The van der Waals surface area contributed by atoms with Crippen LogP contribution in [0.4, 0.5) is 10.5 Å². The maximum atomic E-state index is 11.6. The molecule has 2 N–H and O–H groups in total. The van der Waals surface area contributed by atoms with Gasteiger partial charge in [-0.25, -0.2) is 4.79 Å². The summed E-state index contributed by atoms with van der Waals surface area (Å²) in [5.74, 6) is -1.34. The molecule has 0 bridgehead atoms. The number of hydrogen-bond donors (Lipinski definition) is 2. The number of allylic oxidation sites excluding steroid dienone is 1. The number of carbonyl (C=O) groups excluding carboxylic acids is 2. The largest absolute Gasteiger partial charge is 0.465 e. The lowest BCUT2D eigenvalue weighted by molar-refractivity contribution is -0.110. The Bertz CT molecular complexity index is 531. The minimum Gasteiger partial charge on any atom is -0.465 e. The summed E-state index contributed by atoms with van der Waals surface area (Å²) < 4.78 is 0. The fourth-order valence-corrected chi connectivity index (χ4v) is 1.55. The van der Waals surface area contributed by atoms with Gasteiger partial charge in [-0.15, -0.1) is 0 Å². The standard InChI is InChI=1S/C11H7NO4/c13-8-5-4-6-2-1-3-7(12-11(15)16)9(6)10(8)14/h1-5,12H,(H,15,16). The summed E-state index contributed by atoms with van der Waals surface area (Å²) in [6.07, 6.45) is 1.39. The first kappa shape index (κ1) is 10.1. The van der Waals surface area contributed by atoms with Crippen molar-refractivity contribution in [2.24, 2.45) is 0 Å². The molecule has 16 heavy (non-hydrogen) atoms. The summed E-state index contributed by atoms with van der Waals surface area (Å²) in [5.41, 5.74) is 0.779. The van der Waals surface area contributed by atoms with E-state index in [9.17, 15) is 14.4 Å². The second-order valence-corrected chi connectivity index (χ2v) is 3.23. The third-order valence-electron chi connectivity index (χ3n) is 2.20. The summed E-state index contributed by atoms with van der Waals surface area (Å²) in [6, 6.07) is 4.69. The van der Waals surface area contributed by atoms with Gasteiger partial charge in [0, 0.05) is 0 Å². The molecule has 0 radical (unpaired) electrons. The number of fused-ring (bicyclic) bond motifs is 1. The van der Waals surface area contributed by atoms with Crippen molar-refractivity contribution in [1.82, 2.24) is 0 Å². The van der Waals surface area contributed by atoms with Crippen molar-refractivity contribution >= 4 is 29.4 Å². The van der Waals surface area contributed by atoms with Crippen LogP contribution in [0.15, 0.2) is 24.3 Å². The van der Waals surface area contributed by atoms with Crippen molar-refractivity contribution in [2.45, 2.75) is 0 Å². The highest BCUT2D eigenvalue weighted by Gasteiger charge is 2.24. The van der Waals surface area contributed by atoms with Crippen LogP contribution in [0.25, 0.3) is 6.08 Å². The normalized spacial score (nSPS) is 13.5. The predicted molar refractivity (Wildman–Crippen MR) is 56.5 cm³/mol. The maximum Gasteiger partial charge on any atom is 0.409 e. The molecule has 2 rings (SSSR count). The molecular formula is C11H7NO4. The number of nitrogens with one attached hydrogen (secondary N) is 1. The Kier molecular flexibility index (Phi) is 2.28. The van der Waals surface area contributed by atoms with Crippen LogP contribution in [0.5, 0.6) is 0 Å². The average Bonchev–Trinajstić information content (AvgIpc) is 2.23. The van der Waals surface area contributed by atoms with Gasteiger partial charge in [0.2, 0.25) is 11.6 Å². The van der Waals surface area contributed by atoms with Gasteiger partial charge in [-0.2, -0.15) is 0 Å². The molecule has 0 spiro atoms. The zero-order valence-corrected chi connectivity index (χ0v) is 8.06. The fourth-order valence-electron chi connectivity index (χ4n) is 1.55. The molecule has 1 aromatic carbocycles. The molecule has 0 atom stereocenters. The highest BCUT2D eigenvalue weighted by Crippen LogP contribution is 2.25. The number of carboxylic acid groups (broad SMARTS) is 1. The number of Topliss-reactive ketones (excluding diaryl/α,β-unsaturated/α-hetero) is 1. The first-order chi connectivity index (χ1) is 7.59. The highest BCUT2D eigenvalue weighted by atomic mass is 16.4. The minimum absolute atomic E-state index is 0.109. The topological polar surface area (TPSA) is 83.5 Å². The van der Waals surface area contributed by atoms with E-state index in [1.54, 1.807) is 12.1 Å². The van der Waals surface area contributed by atoms with E-state index in [4.69, 9.17) is 5.11 Å². The summed E-state index contributed by atoms with van der Waals surface area (Å²) in [4.78, 5) is 33.3. The highest BCUT2D eigenvalue weighted by molar-refractivity contribution is 6.51. The van der Waals surface area contributed by atoms with Crippen molar-refractivity contribution in [3.05, 3.63) is 35.4 Å². The van der Waals surface area contributed by atoms with Crippen LogP contribution >= 0.6 is 0 Å². The third-order valence-corrected chi connectivity index (χ3v) is 2.20. The number of hydrogen-bond acceptors (Lipinski definition) is 3. The lowest BCUT2D eigenvalue weighted by Crippen LogP contribution is -2.20. The van der Waals surface area contributed by atoms with Gasteiger partial charge >= 0.3 is 6.09 Å². The Labute approximate surface area is 90.4 Å². The van der Waals surface area contributed by atoms with E-state index in [1.807, 2.05) is 0 Å². The second-order valence-electron chi connectivity index (χ2n) is 3.23. The molecule has 5 nitrogen and oxygen atoms in total. The molecule has 0 unspecified atom stereocenters.